The van der Waals surface area contributed by atoms with Crippen LogP contribution >= 0.6 is 0 Å². The van der Waals surface area contributed by atoms with Crippen molar-refractivity contribution in [3.8, 4) is 5.75 Å². The summed E-state index contributed by atoms with van der Waals surface area (Å²) in [5, 5.41) is 6.03. The van der Waals surface area contributed by atoms with Crippen molar-refractivity contribution in [3.05, 3.63) is 29.8 Å². The number of carbonyl (C=O) groups is 1. The van der Waals surface area contributed by atoms with E-state index in [1.165, 1.54) is 5.56 Å². The highest BCUT2D eigenvalue weighted by Crippen LogP contribution is 2.24. The Bertz CT molecular complexity index is 554. The summed E-state index contributed by atoms with van der Waals surface area (Å²) in [5.74, 6) is 1.44. The van der Waals surface area contributed by atoms with Gasteiger partial charge in [-0.25, -0.2) is 4.79 Å². The Hall–Kier alpha value is -1.79. The Balaban J connectivity index is 1.97. The predicted molar refractivity (Wildman–Crippen MR) is 110 cm³/mol. The number of benzene rings is 1. The lowest BCUT2D eigenvalue weighted by Gasteiger charge is -2.39. The summed E-state index contributed by atoms with van der Waals surface area (Å²) in [6.07, 6.45) is 0.994. The minimum atomic E-state index is -0.0821. The van der Waals surface area contributed by atoms with E-state index in [2.05, 4.69) is 53.3 Å². The molecule has 2 amide bonds. The third-order valence-electron chi connectivity index (χ3n) is 5.26. The maximum absolute atomic E-state index is 12.2. The Morgan fingerprint density at radius 3 is 2.33 bits per heavy atom. The molecule has 152 valence electrons. The van der Waals surface area contributed by atoms with Crippen molar-refractivity contribution in [2.75, 3.05) is 52.9 Å². The van der Waals surface area contributed by atoms with Crippen LogP contribution in [0.2, 0.25) is 0 Å². The molecule has 0 saturated carbocycles. The molecular formula is C21H36N4O2. The lowest BCUT2D eigenvalue weighted by atomic mass is 10.0. The quantitative estimate of drug-likeness (QED) is 0.696. The lowest BCUT2D eigenvalue weighted by molar-refractivity contribution is 0.0989. The number of hydrogen-bond acceptors (Lipinski definition) is 4. The SMILES string of the molecule is CCN1CCN(C(CNC(=O)NCCC(C)C)c2ccc(OC)cc2)CC1. The van der Waals surface area contributed by atoms with Crippen LogP contribution < -0.4 is 15.4 Å². The number of methoxy groups -OCH3 is 1. The highest BCUT2D eigenvalue weighted by molar-refractivity contribution is 5.73. The van der Waals surface area contributed by atoms with Crippen LogP contribution in [0, 0.1) is 5.92 Å². The number of amides is 2. The number of hydrogen-bond donors (Lipinski definition) is 2. The fraction of sp³-hybridized carbons (Fsp3) is 0.667. The number of rotatable bonds is 9. The molecule has 2 N–H and O–H groups in total. The number of ether oxygens (including phenoxy) is 1. The molecule has 1 heterocycles. The van der Waals surface area contributed by atoms with Crippen molar-refractivity contribution < 1.29 is 9.53 Å². The first-order valence-electron chi connectivity index (χ1n) is 10.2. The Morgan fingerprint density at radius 2 is 1.78 bits per heavy atom. The molecule has 0 spiro atoms. The van der Waals surface area contributed by atoms with Crippen LogP contribution in [0.15, 0.2) is 24.3 Å². The lowest BCUT2D eigenvalue weighted by Crippen LogP contribution is -2.50. The van der Waals surface area contributed by atoms with Crippen molar-refractivity contribution in [1.29, 1.82) is 0 Å². The highest BCUT2D eigenvalue weighted by Gasteiger charge is 2.25. The zero-order valence-electron chi connectivity index (χ0n) is 17.3. The molecule has 6 nitrogen and oxygen atoms in total. The van der Waals surface area contributed by atoms with Gasteiger partial charge >= 0.3 is 6.03 Å². The van der Waals surface area contributed by atoms with Gasteiger partial charge in [-0.05, 0) is 36.6 Å². The number of piperazine rings is 1. The molecule has 1 aliphatic heterocycles. The van der Waals surface area contributed by atoms with E-state index >= 15 is 0 Å². The molecule has 1 fully saturated rings. The van der Waals surface area contributed by atoms with Crippen molar-refractivity contribution in [2.45, 2.75) is 33.2 Å². The fourth-order valence-corrected chi connectivity index (χ4v) is 3.40. The zero-order valence-corrected chi connectivity index (χ0v) is 17.3. The van der Waals surface area contributed by atoms with E-state index in [0.29, 0.717) is 19.0 Å². The van der Waals surface area contributed by atoms with Crippen LogP contribution in [0.25, 0.3) is 0 Å². The van der Waals surface area contributed by atoms with E-state index in [4.69, 9.17) is 4.74 Å². The molecule has 0 aliphatic carbocycles. The van der Waals surface area contributed by atoms with Gasteiger partial charge in [0.25, 0.3) is 0 Å². The largest absolute Gasteiger partial charge is 0.497 e. The Morgan fingerprint density at radius 1 is 1.11 bits per heavy atom. The first-order chi connectivity index (χ1) is 13.0. The van der Waals surface area contributed by atoms with Gasteiger partial charge in [0, 0.05) is 39.3 Å². The van der Waals surface area contributed by atoms with Gasteiger partial charge in [0.2, 0.25) is 0 Å². The van der Waals surface area contributed by atoms with E-state index in [1.807, 2.05) is 12.1 Å². The van der Waals surface area contributed by atoms with Crippen molar-refractivity contribution >= 4 is 6.03 Å². The minimum Gasteiger partial charge on any atom is -0.497 e. The number of urea groups is 1. The molecule has 0 radical (unpaired) electrons. The second kappa shape index (κ2) is 11.1. The molecule has 1 atom stereocenters. The summed E-state index contributed by atoms with van der Waals surface area (Å²) in [4.78, 5) is 17.1. The van der Waals surface area contributed by atoms with Crippen LogP contribution in [-0.2, 0) is 0 Å². The topological polar surface area (TPSA) is 56.8 Å². The summed E-state index contributed by atoms with van der Waals surface area (Å²) in [7, 11) is 1.68. The molecule has 1 aromatic carbocycles. The first-order valence-corrected chi connectivity index (χ1v) is 10.2. The predicted octanol–water partition coefficient (Wildman–Crippen LogP) is 2.72. The second-order valence-electron chi connectivity index (χ2n) is 7.58. The van der Waals surface area contributed by atoms with E-state index in [0.717, 1.165) is 44.9 Å². The molecule has 6 heteroatoms. The van der Waals surface area contributed by atoms with Crippen molar-refractivity contribution in [1.82, 2.24) is 20.4 Å². The average molecular weight is 377 g/mol. The van der Waals surface area contributed by atoms with Crippen LogP contribution in [0.4, 0.5) is 4.79 Å². The van der Waals surface area contributed by atoms with E-state index < -0.39 is 0 Å². The third-order valence-corrected chi connectivity index (χ3v) is 5.26. The molecule has 2 rings (SSSR count). The third kappa shape index (κ3) is 7.03. The van der Waals surface area contributed by atoms with Gasteiger partial charge in [-0.2, -0.15) is 0 Å². The molecule has 1 saturated heterocycles. The maximum Gasteiger partial charge on any atom is 0.314 e. The fourth-order valence-electron chi connectivity index (χ4n) is 3.40. The maximum atomic E-state index is 12.2. The molecule has 27 heavy (non-hydrogen) atoms. The van der Waals surface area contributed by atoms with Crippen LogP contribution in [0.1, 0.15) is 38.8 Å². The summed E-state index contributed by atoms with van der Waals surface area (Å²) < 4.78 is 5.28. The summed E-state index contributed by atoms with van der Waals surface area (Å²) in [5.41, 5.74) is 1.21. The second-order valence-corrected chi connectivity index (χ2v) is 7.58. The van der Waals surface area contributed by atoms with Crippen LogP contribution in [-0.4, -0.2) is 68.8 Å². The van der Waals surface area contributed by atoms with Gasteiger partial charge in [-0.3, -0.25) is 4.90 Å². The summed E-state index contributed by atoms with van der Waals surface area (Å²) in [6, 6.07) is 8.29. The minimum absolute atomic E-state index is 0.0821. The standard InChI is InChI=1S/C21H36N4O2/c1-5-24-12-14-25(15-13-24)20(18-6-8-19(27-4)9-7-18)16-23-21(26)22-11-10-17(2)3/h6-9,17,20H,5,10-16H2,1-4H3,(H2,22,23,26). The van der Waals surface area contributed by atoms with Crippen LogP contribution in [0.3, 0.4) is 0 Å². The molecular weight excluding hydrogens is 340 g/mol. The number of nitrogens with zero attached hydrogens (tertiary/aromatic N) is 2. The van der Waals surface area contributed by atoms with Gasteiger partial charge < -0.3 is 20.3 Å². The van der Waals surface area contributed by atoms with E-state index in [9.17, 15) is 4.79 Å². The van der Waals surface area contributed by atoms with Gasteiger partial charge in [0.05, 0.1) is 13.2 Å². The van der Waals surface area contributed by atoms with Crippen molar-refractivity contribution in [2.24, 2.45) is 5.92 Å². The highest BCUT2D eigenvalue weighted by atomic mass is 16.5. The Kier molecular flexibility index (Phi) is 8.88. The van der Waals surface area contributed by atoms with Crippen molar-refractivity contribution in [3.63, 3.8) is 0 Å². The monoisotopic (exact) mass is 376 g/mol. The summed E-state index contributed by atoms with van der Waals surface area (Å²) >= 11 is 0. The smallest absolute Gasteiger partial charge is 0.314 e. The van der Waals surface area contributed by atoms with Gasteiger partial charge in [-0.1, -0.05) is 32.9 Å². The van der Waals surface area contributed by atoms with Gasteiger partial charge in [-0.15, -0.1) is 0 Å². The van der Waals surface area contributed by atoms with E-state index in [-0.39, 0.29) is 12.1 Å². The molecule has 1 unspecified atom stereocenters. The normalized spacial score (nSPS) is 16.9. The number of carbonyl (C=O) groups excluding carboxylic acids is 1. The number of likely N-dealkylation sites (N-methyl/N-ethyl adjacent to an activating group) is 1. The zero-order chi connectivity index (χ0) is 19.6. The summed E-state index contributed by atoms with van der Waals surface area (Å²) in [6.45, 7) is 13.1. The van der Waals surface area contributed by atoms with Gasteiger partial charge in [0.15, 0.2) is 0 Å². The van der Waals surface area contributed by atoms with Gasteiger partial charge in [0.1, 0.15) is 5.75 Å². The average Bonchev–Trinajstić information content (AvgIpc) is 2.69. The Labute approximate surface area is 164 Å². The molecule has 0 aromatic heterocycles. The van der Waals surface area contributed by atoms with E-state index in [1.54, 1.807) is 7.11 Å². The molecule has 0 bridgehead atoms. The molecule has 1 aromatic rings. The van der Waals surface area contributed by atoms with Crippen LogP contribution in [0.5, 0.6) is 5.75 Å². The molecule has 1 aliphatic rings. The number of nitrogens with one attached hydrogen (secondary N) is 2. The first kappa shape index (κ1) is 21.5.